The molecule has 1 saturated carbocycles. The lowest BCUT2D eigenvalue weighted by Crippen LogP contribution is -2.26. The first-order chi connectivity index (χ1) is 12.2. The summed E-state index contributed by atoms with van der Waals surface area (Å²) in [5, 5.41) is 10.1. The van der Waals surface area contributed by atoms with Gasteiger partial charge < -0.3 is 10.6 Å². The molecule has 25 heavy (non-hydrogen) atoms. The number of benzene rings is 1. The zero-order valence-electron chi connectivity index (χ0n) is 14.5. The summed E-state index contributed by atoms with van der Waals surface area (Å²) in [5.41, 5.74) is 1.42. The third-order valence-corrected chi connectivity index (χ3v) is 4.57. The van der Waals surface area contributed by atoms with Crippen molar-refractivity contribution < 1.29 is 9.59 Å². The number of aryl methyl sites for hydroxylation is 1. The average molecular weight is 340 g/mol. The number of rotatable bonds is 5. The first-order valence-corrected chi connectivity index (χ1v) is 8.92. The van der Waals surface area contributed by atoms with Gasteiger partial charge in [0, 0.05) is 24.3 Å². The van der Waals surface area contributed by atoms with Crippen molar-refractivity contribution in [1.29, 1.82) is 0 Å². The van der Waals surface area contributed by atoms with Gasteiger partial charge >= 0.3 is 0 Å². The van der Waals surface area contributed by atoms with E-state index in [1.165, 1.54) is 6.42 Å². The number of para-hydroxylation sites is 1. The van der Waals surface area contributed by atoms with E-state index in [1.807, 2.05) is 37.3 Å². The van der Waals surface area contributed by atoms with E-state index in [9.17, 15) is 9.59 Å². The normalized spacial score (nSPS) is 14.9. The van der Waals surface area contributed by atoms with Crippen LogP contribution < -0.4 is 10.6 Å². The maximum absolute atomic E-state index is 12.6. The molecule has 2 aromatic rings. The van der Waals surface area contributed by atoms with Crippen LogP contribution >= 0.6 is 0 Å². The van der Waals surface area contributed by atoms with E-state index in [2.05, 4.69) is 15.7 Å². The van der Waals surface area contributed by atoms with Crippen molar-refractivity contribution in [3.8, 4) is 0 Å². The highest BCUT2D eigenvalue weighted by atomic mass is 16.2. The minimum atomic E-state index is -0.322. The highest BCUT2D eigenvalue weighted by molar-refractivity contribution is 6.08. The van der Waals surface area contributed by atoms with Crippen molar-refractivity contribution in [3.63, 3.8) is 0 Å². The standard InChI is InChI=1S/C19H24N4O2/c1-2-23-13-16(21-18(24)14-9-5-3-6-10-14)17(22-23)19(25)20-15-11-7-4-8-12-15/h4,7-8,11-14H,2-3,5-6,9-10H2,1H3,(H,20,25)(H,21,24). The quantitative estimate of drug-likeness (QED) is 0.872. The minimum absolute atomic E-state index is 0.0101. The van der Waals surface area contributed by atoms with Crippen molar-refractivity contribution in [3.05, 3.63) is 42.2 Å². The van der Waals surface area contributed by atoms with Gasteiger partial charge in [0.15, 0.2) is 5.69 Å². The van der Waals surface area contributed by atoms with E-state index < -0.39 is 0 Å². The molecule has 0 atom stereocenters. The Hall–Kier alpha value is -2.63. The summed E-state index contributed by atoms with van der Waals surface area (Å²) in [5.74, 6) is -0.301. The van der Waals surface area contributed by atoms with Crippen LogP contribution in [-0.4, -0.2) is 21.6 Å². The second-order valence-electron chi connectivity index (χ2n) is 6.39. The van der Waals surface area contributed by atoms with E-state index >= 15 is 0 Å². The van der Waals surface area contributed by atoms with Gasteiger partial charge in [-0.3, -0.25) is 14.3 Å². The van der Waals surface area contributed by atoms with E-state index in [4.69, 9.17) is 0 Å². The molecule has 1 aliphatic carbocycles. The Morgan fingerprint density at radius 1 is 1.12 bits per heavy atom. The molecule has 0 radical (unpaired) electrons. The van der Waals surface area contributed by atoms with Gasteiger partial charge in [-0.1, -0.05) is 37.5 Å². The molecule has 0 saturated heterocycles. The lowest BCUT2D eigenvalue weighted by Gasteiger charge is -2.20. The predicted molar refractivity (Wildman–Crippen MR) is 97.5 cm³/mol. The maximum atomic E-state index is 12.6. The van der Waals surface area contributed by atoms with Crippen LogP contribution in [0.25, 0.3) is 0 Å². The van der Waals surface area contributed by atoms with E-state index in [0.717, 1.165) is 25.7 Å². The smallest absolute Gasteiger partial charge is 0.278 e. The van der Waals surface area contributed by atoms with Crippen molar-refractivity contribution in [2.24, 2.45) is 5.92 Å². The summed E-state index contributed by atoms with van der Waals surface area (Å²) in [7, 11) is 0. The molecule has 1 fully saturated rings. The molecule has 0 bridgehead atoms. The summed E-state index contributed by atoms with van der Waals surface area (Å²) in [6.45, 7) is 2.57. The summed E-state index contributed by atoms with van der Waals surface area (Å²) in [4.78, 5) is 25.1. The fourth-order valence-corrected chi connectivity index (χ4v) is 3.15. The molecule has 0 aliphatic heterocycles. The molecule has 1 heterocycles. The zero-order valence-corrected chi connectivity index (χ0v) is 14.5. The highest BCUT2D eigenvalue weighted by Gasteiger charge is 2.24. The first-order valence-electron chi connectivity index (χ1n) is 8.92. The number of nitrogens with one attached hydrogen (secondary N) is 2. The van der Waals surface area contributed by atoms with Crippen LogP contribution in [-0.2, 0) is 11.3 Å². The van der Waals surface area contributed by atoms with Crippen molar-refractivity contribution >= 4 is 23.2 Å². The number of aromatic nitrogens is 2. The molecular weight excluding hydrogens is 316 g/mol. The summed E-state index contributed by atoms with van der Waals surface area (Å²) in [6, 6.07) is 9.22. The third-order valence-electron chi connectivity index (χ3n) is 4.57. The maximum Gasteiger partial charge on any atom is 0.278 e. The number of nitrogens with zero attached hydrogens (tertiary/aromatic N) is 2. The summed E-state index contributed by atoms with van der Waals surface area (Å²) >= 11 is 0. The van der Waals surface area contributed by atoms with Gasteiger partial charge in [0.05, 0.1) is 5.69 Å². The molecule has 2 amide bonds. The number of amides is 2. The molecule has 1 aromatic heterocycles. The topological polar surface area (TPSA) is 76.0 Å². The molecule has 132 valence electrons. The van der Waals surface area contributed by atoms with Crippen LogP contribution in [0.1, 0.15) is 49.5 Å². The predicted octanol–water partition coefficient (Wildman–Crippen LogP) is 3.67. The summed E-state index contributed by atoms with van der Waals surface area (Å²) in [6.07, 6.45) is 6.93. The van der Waals surface area contributed by atoms with Crippen LogP contribution in [0.15, 0.2) is 36.5 Å². The first kappa shape index (κ1) is 17.2. The fourth-order valence-electron chi connectivity index (χ4n) is 3.15. The van der Waals surface area contributed by atoms with E-state index in [0.29, 0.717) is 17.9 Å². The molecule has 6 nitrogen and oxygen atoms in total. The Kier molecular flexibility index (Phi) is 5.48. The number of carbonyl (C=O) groups excluding carboxylic acids is 2. The molecule has 3 rings (SSSR count). The van der Waals surface area contributed by atoms with Crippen molar-refractivity contribution in [2.45, 2.75) is 45.6 Å². The van der Waals surface area contributed by atoms with E-state index in [1.54, 1.807) is 10.9 Å². The molecular formula is C19H24N4O2. The second-order valence-corrected chi connectivity index (χ2v) is 6.39. The third kappa shape index (κ3) is 4.26. The van der Waals surface area contributed by atoms with Crippen LogP contribution in [0.2, 0.25) is 0 Å². The molecule has 2 N–H and O–H groups in total. The Morgan fingerprint density at radius 2 is 1.84 bits per heavy atom. The molecule has 0 spiro atoms. The molecule has 1 aromatic carbocycles. The minimum Gasteiger partial charge on any atom is -0.323 e. The summed E-state index contributed by atoms with van der Waals surface area (Å²) < 4.78 is 1.66. The Morgan fingerprint density at radius 3 is 2.52 bits per heavy atom. The van der Waals surface area contributed by atoms with Gasteiger partial charge in [-0.15, -0.1) is 0 Å². The van der Waals surface area contributed by atoms with Crippen LogP contribution in [0.3, 0.4) is 0 Å². The number of carbonyl (C=O) groups is 2. The van der Waals surface area contributed by atoms with Gasteiger partial charge in [0.2, 0.25) is 5.91 Å². The monoisotopic (exact) mass is 340 g/mol. The Bertz CT molecular complexity index is 733. The van der Waals surface area contributed by atoms with Gasteiger partial charge in [-0.25, -0.2) is 0 Å². The van der Waals surface area contributed by atoms with E-state index in [-0.39, 0.29) is 23.4 Å². The SMILES string of the molecule is CCn1cc(NC(=O)C2CCCCC2)c(C(=O)Nc2ccccc2)n1. The molecule has 1 aliphatic rings. The number of hydrogen-bond donors (Lipinski definition) is 2. The zero-order chi connectivity index (χ0) is 17.6. The lowest BCUT2D eigenvalue weighted by molar-refractivity contribution is -0.120. The van der Waals surface area contributed by atoms with Crippen molar-refractivity contribution in [1.82, 2.24) is 9.78 Å². The molecule has 0 unspecified atom stereocenters. The van der Waals surface area contributed by atoms with Crippen molar-refractivity contribution in [2.75, 3.05) is 10.6 Å². The average Bonchev–Trinajstić information content (AvgIpc) is 3.06. The fraction of sp³-hybridized carbons (Fsp3) is 0.421. The highest BCUT2D eigenvalue weighted by Crippen LogP contribution is 2.26. The second kappa shape index (κ2) is 7.96. The van der Waals surface area contributed by atoms with Gasteiger partial charge in [-0.2, -0.15) is 5.10 Å². The van der Waals surface area contributed by atoms with Gasteiger partial charge in [0.25, 0.3) is 5.91 Å². The van der Waals surface area contributed by atoms with Crippen LogP contribution in [0, 0.1) is 5.92 Å². The van der Waals surface area contributed by atoms with Gasteiger partial charge in [-0.05, 0) is 31.9 Å². The number of hydrogen-bond acceptors (Lipinski definition) is 3. The molecule has 6 heteroatoms. The Balaban J connectivity index is 1.75. The van der Waals surface area contributed by atoms with Crippen LogP contribution in [0.4, 0.5) is 11.4 Å². The largest absolute Gasteiger partial charge is 0.323 e. The Labute approximate surface area is 147 Å². The lowest BCUT2D eigenvalue weighted by atomic mass is 9.88. The van der Waals surface area contributed by atoms with Crippen LogP contribution in [0.5, 0.6) is 0 Å². The number of anilines is 2. The van der Waals surface area contributed by atoms with Gasteiger partial charge in [0.1, 0.15) is 0 Å².